The number of hydrogen-bond acceptors (Lipinski definition) is 6. The first-order valence-corrected chi connectivity index (χ1v) is 6.86. The molecule has 0 saturated heterocycles. The number of aromatic nitrogens is 5. The van der Waals surface area contributed by atoms with Crippen molar-refractivity contribution in [1.29, 1.82) is 0 Å². The van der Waals surface area contributed by atoms with Crippen molar-refractivity contribution in [2.24, 2.45) is 5.73 Å². The lowest BCUT2D eigenvalue weighted by molar-refractivity contribution is 0.767. The van der Waals surface area contributed by atoms with Gasteiger partial charge in [-0.25, -0.2) is 0 Å². The van der Waals surface area contributed by atoms with Crippen molar-refractivity contribution in [3.8, 4) is 0 Å². The molecule has 0 aliphatic rings. The van der Waals surface area contributed by atoms with Crippen LogP contribution in [0.4, 0.5) is 11.5 Å². The number of benzene rings is 1. The summed E-state index contributed by atoms with van der Waals surface area (Å²) >= 11 is 0. The number of fused-ring (bicyclic) bond motifs is 1. The highest BCUT2D eigenvalue weighted by atomic mass is 15.5. The summed E-state index contributed by atoms with van der Waals surface area (Å²) in [5.74, 6) is 0.830. The van der Waals surface area contributed by atoms with E-state index >= 15 is 0 Å². The van der Waals surface area contributed by atoms with Gasteiger partial charge in [0.2, 0.25) is 0 Å². The summed E-state index contributed by atoms with van der Waals surface area (Å²) in [4.78, 5) is 6.36. The van der Waals surface area contributed by atoms with Crippen LogP contribution in [0.2, 0.25) is 0 Å². The molecule has 0 spiro atoms. The fraction of sp³-hybridized carbons (Fsp3) is 0.286. The van der Waals surface area contributed by atoms with Crippen LogP contribution in [0.25, 0.3) is 5.65 Å². The van der Waals surface area contributed by atoms with Gasteiger partial charge in [-0.1, -0.05) is 12.1 Å². The van der Waals surface area contributed by atoms with Gasteiger partial charge < -0.3 is 10.6 Å². The Kier molecular flexibility index (Phi) is 3.74. The molecule has 0 saturated carbocycles. The van der Waals surface area contributed by atoms with E-state index in [1.807, 2.05) is 6.07 Å². The highest BCUT2D eigenvalue weighted by molar-refractivity contribution is 5.62. The van der Waals surface area contributed by atoms with Gasteiger partial charge in [0.25, 0.3) is 0 Å². The van der Waals surface area contributed by atoms with Gasteiger partial charge in [-0.3, -0.25) is 4.98 Å². The zero-order valence-corrected chi connectivity index (χ0v) is 11.8. The van der Waals surface area contributed by atoms with Gasteiger partial charge in [-0.05, 0) is 48.0 Å². The largest absolute Gasteiger partial charge is 0.330 e. The normalized spacial score (nSPS) is 11.0. The number of rotatable bonds is 5. The van der Waals surface area contributed by atoms with Gasteiger partial charge in [0, 0.05) is 12.2 Å². The predicted octanol–water partition coefficient (Wildman–Crippen LogP) is 1.31. The third-order valence-electron chi connectivity index (χ3n) is 3.27. The highest BCUT2D eigenvalue weighted by Gasteiger charge is 2.14. The molecule has 2 N–H and O–H groups in total. The van der Waals surface area contributed by atoms with Gasteiger partial charge >= 0.3 is 0 Å². The molecular formula is C14H17N7. The van der Waals surface area contributed by atoms with Crippen LogP contribution in [-0.2, 0) is 0 Å². The number of anilines is 2. The lowest BCUT2D eigenvalue weighted by Crippen LogP contribution is -2.23. The van der Waals surface area contributed by atoms with Crippen molar-refractivity contribution in [2.75, 3.05) is 18.0 Å². The molecule has 0 atom stereocenters. The van der Waals surface area contributed by atoms with Crippen LogP contribution in [0, 0.1) is 6.92 Å². The quantitative estimate of drug-likeness (QED) is 0.760. The Bertz CT molecular complexity index is 737. The first-order chi connectivity index (χ1) is 10.3. The molecule has 0 aliphatic carbocycles. The summed E-state index contributed by atoms with van der Waals surface area (Å²) in [5, 5.41) is 11.7. The van der Waals surface area contributed by atoms with Gasteiger partial charge in [-0.15, -0.1) is 5.10 Å². The molecule has 1 aromatic carbocycles. The minimum absolute atomic E-state index is 0.623. The molecule has 0 amide bonds. The molecule has 0 unspecified atom stereocenters. The lowest BCUT2D eigenvalue weighted by Gasteiger charge is -2.24. The molecule has 2 heterocycles. The summed E-state index contributed by atoms with van der Waals surface area (Å²) in [6.07, 6.45) is 4.27. The maximum absolute atomic E-state index is 5.67. The Morgan fingerprint density at radius 3 is 3.00 bits per heavy atom. The molecule has 0 radical (unpaired) electrons. The van der Waals surface area contributed by atoms with Crippen LogP contribution in [0.1, 0.15) is 12.0 Å². The molecule has 108 valence electrons. The van der Waals surface area contributed by atoms with E-state index in [2.05, 4.69) is 50.5 Å². The number of tetrazole rings is 1. The van der Waals surface area contributed by atoms with E-state index in [0.29, 0.717) is 12.2 Å². The number of hydrogen-bond donors (Lipinski definition) is 1. The van der Waals surface area contributed by atoms with Crippen molar-refractivity contribution in [1.82, 2.24) is 25.0 Å². The molecule has 21 heavy (non-hydrogen) atoms. The molecule has 0 aliphatic heterocycles. The lowest BCUT2D eigenvalue weighted by atomic mass is 10.2. The molecule has 2 aromatic heterocycles. The summed E-state index contributed by atoms with van der Waals surface area (Å²) in [6, 6.07) is 8.29. The molecule has 3 aromatic rings. The van der Waals surface area contributed by atoms with E-state index in [1.54, 1.807) is 16.9 Å². The Morgan fingerprint density at radius 1 is 1.29 bits per heavy atom. The van der Waals surface area contributed by atoms with E-state index in [0.717, 1.165) is 24.5 Å². The third kappa shape index (κ3) is 2.68. The zero-order valence-electron chi connectivity index (χ0n) is 11.8. The molecular weight excluding hydrogens is 266 g/mol. The Balaban J connectivity index is 2.08. The number of nitrogens with zero attached hydrogens (tertiary/aromatic N) is 6. The van der Waals surface area contributed by atoms with Crippen LogP contribution in [0.3, 0.4) is 0 Å². The van der Waals surface area contributed by atoms with Crippen molar-refractivity contribution >= 4 is 17.2 Å². The molecule has 7 heteroatoms. The average molecular weight is 283 g/mol. The Hall–Kier alpha value is -2.54. The minimum atomic E-state index is 0.623. The second-order valence-corrected chi connectivity index (χ2v) is 4.85. The Labute approximate surface area is 122 Å². The van der Waals surface area contributed by atoms with Crippen LogP contribution in [-0.4, -0.2) is 38.1 Å². The highest BCUT2D eigenvalue weighted by Crippen LogP contribution is 2.25. The summed E-state index contributed by atoms with van der Waals surface area (Å²) in [5.41, 5.74) is 8.56. The molecule has 0 bridgehead atoms. The van der Waals surface area contributed by atoms with Crippen LogP contribution in [0.15, 0.2) is 36.7 Å². The van der Waals surface area contributed by atoms with E-state index in [1.165, 1.54) is 5.56 Å². The van der Waals surface area contributed by atoms with Crippen molar-refractivity contribution < 1.29 is 0 Å². The van der Waals surface area contributed by atoms with Gasteiger partial charge in [0.05, 0.1) is 12.4 Å². The fourth-order valence-corrected chi connectivity index (χ4v) is 2.27. The van der Waals surface area contributed by atoms with Gasteiger partial charge in [0.15, 0.2) is 11.5 Å². The summed E-state index contributed by atoms with van der Waals surface area (Å²) < 4.78 is 1.69. The smallest absolute Gasteiger partial charge is 0.199 e. The second kappa shape index (κ2) is 5.84. The SMILES string of the molecule is Cc1cccc(N(CCCN)c2cncc3nnnn23)c1. The first-order valence-electron chi connectivity index (χ1n) is 6.86. The molecule has 7 nitrogen and oxygen atoms in total. The second-order valence-electron chi connectivity index (χ2n) is 4.85. The average Bonchev–Trinajstić information content (AvgIpc) is 2.97. The van der Waals surface area contributed by atoms with Crippen LogP contribution < -0.4 is 10.6 Å². The predicted molar refractivity (Wildman–Crippen MR) is 80.4 cm³/mol. The van der Waals surface area contributed by atoms with Gasteiger partial charge in [-0.2, -0.15) is 4.52 Å². The summed E-state index contributed by atoms with van der Waals surface area (Å²) in [6.45, 7) is 3.47. The molecule has 0 fully saturated rings. The number of nitrogens with two attached hydrogens (primary N) is 1. The van der Waals surface area contributed by atoms with E-state index in [9.17, 15) is 0 Å². The zero-order chi connectivity index (χ0) is 14.7. The summed E-state index contributed by atoms with van der Waals surface area (Å²) in [7, 11) is 0. The third-order valence-corrected chi connectivity index (χ3v) is 3.27. The fourth-order valence-electron chi connectivity index (χ4n) is 2.27. The van der Waals surface area contributed by atoms with Crippen LogP contribution >= 0.6 is 0 Å². The minimum Gasteiger partial charge on any atom is -0.330 e. The first kappa shape index (κ1) is 13.4. The molecule has 3 rings (SSSR count). The van der Waals surface area contributed by atoms with Crippen molar-refractivity contribution in [2.45, 2.75) is 13.3 Å². The number of aryl methyl sites for hydroxylation is 1. The maximum atomic E-state index is 5.67. The van der Waals surface area contributed by atoms with Crippen molar-refractivity contribution in [3.05, 3.63) is 42.2 Å². The topological polar surface area (TPSA) is 85.2 Å². The standard InChI is InChI=1S/C14H17N7/c1-11-4-2-5-12(8-11)20(7-3-6-15)14-10-16-9-13-17-18-19-21(13)14/h2,4-5,8-10H,3,6-7,15H2,1H3. The van der Waals surface area contributed by atoms with Crippen molar-refractivity contribution in [3.63, 3.8) is 0 Å². The van der Waals surface area contributed by atoms with Crippen LogP contribution in [0.5, 0.6) is 0 Å². The van der Waals surface area contributed by atoms with Gasteiger partial charge in [0.1, 0.15) is 0 Å². The Morgan fingerprint density at radius 2 is 2.19 bits per heavy atom. The van der Waals surface area contributed by atoms with E-state index < -0.39 is 0 Å². The maximum Gasteiger partial charge on any atom is 0.199 e. The monoisotopic (exact) mass is 283 g/mol. The van der Waals surface area contributed by atoms with E-state index in [4.69, 9.17) is 5.73 Å². The van der Waals surface area contributed by atoms with E-state index in [-0.39, 0.29) is 0 Å².